The van der Waals surface area contributed by atoms with Gasteiger partial charge in [-0.25, -0.2) is 13.8 Å². The van der Waals surface area contributed by atoms with E-state index in [1.165, 1.54) is 60.8 Å². The highest BCUT2D eigenvalue weighted by atomic mass is 32.2. The topological polar surface area (TPSA) is 106 Å². The highest BCUT2D eigenvalue weighted by Crippen LogP contribution is 2.20. The predicted molar refractivity (Wildman–Crippen MR) is 123 cm³/mol. The molecule has 0 aliphatic rings. The number of benzene rings is 3. The normalized spacial score (nSPS) is 11.4. The maximum absolute atomic E-state index is 12.6. The summed E-state index contributed by atoms with van der Waals surface area (Å²) < 4.78 is 62.2. The fourth-order valence-electron chi connectivity index (χ4n) is 2.80. The van der Waals surface area contributed by atoms with Gasteiger partial charge in [0.15, 0.2) is 0 Å². The van der Waals surface area contributed by atoms with E-state index in [0.29, 0.717) is 12.4 Å². The maximum atomic E-state index is 12.6. The Morgan fingerprint density at radius 1 is 1.03 bits per heavy atom. The lowest BCUT2D eigenvalue weighted by atomic mass is 10.2. The number of hydrogen-bond donors (Lipinski definition) is 2. The highest BCUT2D eigenvalue weighted by molar-refractivity contribution is 7.92. The Morgan fingerprint density at radius 3 is 2.35 bits per heavy atom. The molecule has 0 saturated carbocycles. The summed E-state index contributed by atoms with van der Waals surface area (Å²) in [4.78, 5) is 12.3. The van der Waals surface area contributed by atoms with E-state index in [2.05, 4.69) is 20.0 Å². The van der Waals surface area contributed by atoms with E-state index in [1.54, 1.807) is 18.2 Å². The molecule has 0 saturated heterocycles. The number of hydrogen-bond acceptors (Lipinski definition) is 6. The van der Waals surface area contributed by atoms with Crippen molar-refractivity contribution in [2.24, 2.45) is 5.10 Å². The van der Waals surface area contributed by atoms with Crippen LogP contribution in [0.25, 0.3) is 0 Å². The van der Waals surface area contributed by atoms with Gasteiger partial charge in [-0.3, -0.25) is 9.52 Å². The molecule has 0 heterocycles. The number of sulfonamides is 1. The molecule has 0 fully saturated rings. The summed E-state index contributed by atoms with van der Waals surface area (Å²) in [5, 5.41) is 3.76. The Balaban J connectivity index is 1.62. The number of alkyl halides is 2. The number of anilines is 1. The zero-order chi connectivity index (χ0) is 24.6. The van der Waals surface area contributed by atoms with Crippen molar-refractivity contribution in [1.29, 1.82) is 0 Å². The zero-order valence-electron chi connectivity index (χ0n) is 17.9. The third-order valence-corrected chi connectivity index (χ3v) is 5.75. The first-order chi connectivity index (χ1) is 16.3. The van der Waals surface area contributed by atoms with E-state index in [1.807, 2.05) is 6.92 Å². The molecule has 0 aliphatic heterocycles. The van der Waals surface area contributed by atoms with Crippen molar-refractivity contribution in [3.05, 3.63) is 83.9 Å². The number of para-hydroxylation sites is 1. The molecule has 2 N–H and O–H groups in total. The number of carbonyl (C=O) groups excluding carboxylic acids is 1. The van der Waals surface area contributed by atoms with Crippen LogP contribution in [-0.2, 0) is 10.0 Å². The lowest BCUT2D eigenvalue weighted by Crippen LogP contribution is -2.18. The Kier molecular flexibility index (Phi) is 8.14. The summed E-state index contributed by atoms with van der Waals surface area (Å²) in [6.45, 7) is -0.696. The Labute approximate surface area is 195 Å². The molecule has 0 aromatic heterocycles. The van der Waals surface area contributed by atoms with Crippen LogP contribution in [0, 0.1) is 0 Å². The van der Waals surface area contributed by atoms with Crippen LogP contribution >= 0.6 is 0 Å². The average molecular weight is 490 g/mol. The van der Waals surface area contributed by atoms with Gasteiger partial charge in [0.05, 0.1) is 17.7 Å². The van der Waals surface area contributed by atoms with Gasteiger partial charge < -0.3 is 9.47 Å². The van der Waals surface area contributed by atoms with Crippen LogP contribution in [0.2, 0.25) is 0 Å². The summed E-state index contributed by atoms with van der Waals surface area (Å²) in [6, 6.07) is 17.6. The van der Waals surface area contributed by atoms with E-state index in [0.717, 1.165) is 0 Å². The minimum Gasteiger partial charge on any atom is -0.494 e. The molecule has 3 aromatic carbocycles. The summed E-state index contributed by atoms with van der Waals surface area (Å²) in [5.74, 6) is -0.103. The van der Waals surface area contributed by atoms with Gasteiger partial charge in [0.2, 0.25) is 0 Å². The second-order valence-electron chi connectivity index (χ2n) is 6.70. The minimum absolute atomic E-state index is 0.0585. The number of hydrazone groups is 1. The first-order valence-electron chi connectivity index (χ1n) is 10.0. The molecule has 3 aromatic rings. The molecule has 0 atom stereocenters. The quantitative estimate of drug-likeness (QED) is 0.327. The highest BCUT2D eigenvalue weighted by Gasteiger charge is 2.15. The summed E-state index contributed by atoms with van der Waals surface area (Å²) in [6.07, 6.45) is 1.18. The van der Waals surface area contributed by atoms with Crippen LogP contribution < -0.4 is 19.6 Å². The van der Waals surface area contributed by atoms with Crippen molar-refractivity contribution >= 4 is 27.8 Å². The fourth-order valence-corrected chi connectivity index (χ4v) is 3.86. The van der Waals surface area contributed by atoms with E-state index < -0.39 is 22.5 Å². The number of ether oxygens (including phenoxy) is 2. The molecule has 0 radical (unpaired) electrons. The third kappa shape index (κ3) is 6.75. The molecular weight excluding hydrogens is 468 g/mol. The largest absolute Gasteiger partial charge is 0.494 e. The Bertz CT molecular complexity index is 1250. The first kappa shape index (κ1) is 24.6. The number of halogens is 2. The molecule has 178 valence electrons. The van der Waals surface area contributed by atoms with Crippen molar-refractivity contribution in [3.63, 3.8) is 0 Å². The Hall–Kier alpha value is -3.99. The van der Waals surface area contributed by atoms with Crippen molar-refractivity contribution in [2.45, 2.75) is 18.4 Å². The molecule has 1 amide bonds. The van der Waals surface area contributed by atoms with E-state index >= 15 is 0 Å². The van der Waals surface area contributed by atoms with Crippen LogP contribution in [-0.4, -0.2) is 33.8 Å². The van der Waals surface area contributed by atoms with Gasteiger partial charge in [0.1, 0.15) is 11.5 Å². The smallest absolute Gasteiger partial charge is 0.387 e. The van der Waals surface area contributed by atoms with E-state index in [9.17, 15) is 22.0 Å². The molecule has 0 aliphatic carbocycles. The third-order valence-electron chi connectivity index (χ3n) is 4.35. The van der Waals surface area contributed by atoms with Crippen LogP contribution in [0.1, 0.15) is 22.8 Å². The van der Waals surface area contributed by atoms with Crippen molar-refractivity contribution in [2.75, 3.05) is 11.3 Å². The number of nitrogens with zero attached hydrogens (tertiary/aromatic N) is 1. The maximum Gasteiger partial charge on any atom is 0.387 e. The molecule has 0 spiro atoms. The molecule has 11 heteroatoms. The van der Waals surface area contributed by atoms with Crippen LogP contribution in [0.15, 0.2) is 82.8 Å². The summed E-state index contributed by atoms with van der Waals surface area (Å²) >= 11 is 0. The monoisotopic (exact) mass is 489 g/mol. The molecular formula is C23H21F2N3O5S. The van der Waals surface area contributed by atoms with Gasteiger partial charge >= 0.3 is 6.61 Å². The summed E-state index contributed by atoms with van der Waals surface area (Å²) in [7, 11) is -3.83. The number of amides is 1. The fraction of sp³-hybridized carbons (Fsp3) is 0.130. The van der Waals surface area contributed by atoms with Crippen molar-refractivity contribution in [3.8, 4) is 11.5 Å². The Morgan fingerprint density at radius 2 is 1.71 bits per heavy atom. The molecule has 34 heavy (non-hydrogen) atoms. The molecule has 0 unspecified atom stereocenters. The van der Waals surface area contributed by atoms with Gasteiger partial charge in [-0.05, 0) is 67.6 Å². The first-order valence-corrected chi connectivity index (χ1v) is 11.5. The van der Waals surface area contributed by atoms with Gasteiger partial charge in [0.25, 0.3) is 15.9 Å². The van der Waals surface area contributed by atoms with Gasteiger partial charge in [0, 0.05) is 16.8 Å². The predicted octanol–water partition coefficient (Wildman–Crippen LogP) is 4.25. The SMILES string of the molecule is CCOc1ccc(S(=O)(=O)Nc2ccc(C(=O)N/N=C\c3ccccc3OC(F)F)cc2)cc1. The number of carbonyl (C=O) groups is 1. The number of nitrogens with one attached hydrogen (secondary N) is 2. The van der Waals surface area contributed by atoms with Gasteiger partial charge in [-0.2, -0.15) is 13.9 Å². The zero-order valence-corrected chi connectivity index (χ0v) is 18.8. The van der Waals surface area contributed by atoms with Crippen LogP contribution in [0.3, 0.4) is 0 Å². The second kappa shape index (κ2) is 11.2. The molecule has 0 bridgehead atoms. The standard InChI is InChI=1S/C23H21F2N3O5S/c1-2-32-19-11-13-20(14-12-19)34(30,31)28-18-9-7-16(8-10-18)22(29)27-26-15-17-5-3-4-6-21(17)33-23(24)25/h3-15,23,28H,2H2,1H3,(H,27,29)/b26-15-. The van der Waals surface area contributed by atoms with Gasteiger partial charge in [-0.15, -0.1) is 0 Å². The van der Waals surface area contributed by atoms with Crippen LogP contribution in [0.5, 0.6) is 11.5 Å². The van der Waals surface area contributed by atoms with Crippen molar-refractivity contribution < 1.29 is 31.5 Å². The van der Waals surface area contributed by atoms with Crippen LogP contribution in [0.4, 0.5) is 14.5 Å². The van der Waals surface area contributed by atoms with E-state index in [4.69, 9.17) is 4.74 Å². The molecule has 8 nitrogen and oxygen atoms in total. The molecule has 3 rings (SSSR count). The average Bonchev–Trinajstić information content (AvgIpc) is 2.80. The number of rotatable bonds is 10. The lowest BCUT2D eigenvalue weighted by molar-refractivity contribution is -0.0499. The van der Waals surface area contributed by atoms with E-state index in [-0.39, 0.29) is 27.5 Å². The van der Waals surface area contributed by atoms with Crippen molar-refractivity contribution in [1.82, 2.24) is 5.43 Å². The summed E-state index contributed by atoms with van der Waals surface area (Å²) in [5.41, 5.74) is 2.99. The van der Waals surface area contributed by atoms with Gasteiger partial charge in [-0.1, -0.05) is 12.1 Å². The second-order valence-corrected chi connectivity index (χ2v) is 8.39. The lowest BCUT2D eigenvalue weighted by Gasteiger charge is -2.10. The minimum atomic E-state index is -3.83.